The number of halogens is 7. The number of anilines is 1. The summed E-state index contributed by atoms with van der Waals surface area (Å²) < 4.78 is 94.7. The summed E-state index contributed by atoms with van der Waals surface area (Å²) in [6.07, 6.45) is -7.32. The van der Waals surface area contributed by atoms with Crippen molar-refractivity contribution < 1.29 is 35.8 Å². The maximum absolute atomic E-state index is 13.7. The van der Waals surface area contributed by atoms with Crippen LogP contribution in [-0.4, -0.2) is 44.4 Å². The molecule has 2 aromatic heterocycles. The Morgan fingerprint density at radius 1 is 0.974 bits per heavy atom. The molecule has 1 aromatic carbocycles. The lowest BCUT2D eigenvalue weighted by atomic mass is 9.68. The van der Waals surface area contributed by atoms with E-state index in [2.05, 4.69) is 20.7 Å². The molecule has 1 saturated carbocycles. The van der Waals surface area contributed by atoms with Gasteiger partial charge in [0.1, 0.15) is 11.6 Å². The van der Waals surface area contributed by atoms with Crippen LogP contribution in [0, 0.1) is 5.82 Å². The first-order valence-corrected chi connectivity index (χ1v) is 12.1. The van der Waals surface area contributed by atoms with Crippen LogP contribution in [0.15, 0.2) is 36.4 Å². The van der Waals surface area contributed by atoms with Crippen LogP contribution in [0.25, 0.3) is 5.65 Å². The first-order chi connectivity index (χ1) is 17.6. The van der Waals surface area contributed by atoms with Crippen LogP contribution < -0.4 is 10.6 Å². The van der Waals surface area contributed by atoms with Crippen molar-refractivity contribution in [2.24, 2.45) is 0 Å². The molecule has 1 aliphatic rings. The van der Waals surface area contributed by atoms with Gasteiger partial charge in [-0.05, 0) is 57.2 Å². The zero-order chi connectivity index (χ0) is 27.9. The largest absolute Gasteiger partial charge is 0.435 e. The SMILES string of the molecule is CC(C)(O)CNC1CCC(CNc2cc(C(F)(F)F)nc3cc(C(F)(F)F)nn23)(c2ccc(F)cc2)CC1. The van der Waals surface area contributed by atoms with Gasteiger partial charge in [-0.1, -0.05) is 12.1 Å². The van der Waals surface area contributed by atoms with Crippen LogP contribution in [0.1, 0.15) is 56.5 Å². The molecular weight excluding hydrogens is 519 g/mol. The van der Waals surface area contributed by atoms with Crippen LogP contribution in [0.4, 0.5) is 36.6 Å². The monoisotopic (exact) mass is 547 g/mol. The van der Waals surface area contributed by atoms with Gasteiger partial charge in [-0.25, -0.2) is 9.37 Å². The summed E-state index contributed by atoms with van der Waals surface area (Å²) >= 11 is 0. The highest BCUT2D eigenvalue weighted by Gasteiger charge is 2.39. The highest BCUT2D eigenvalue weighted by atomic mass is 19.4. The van der Waals surface area contributed by atoms with Gasteiger partial charge in [0.05, 0.1) is 5.60 Å². The fourth-order valence-electron chi connectivity index (χ4n) is 4.78. The lowest BCUT2D eigenvalue weighted by Crippen LogP contribution is -2.46. The van der Waals surface area contributed by atoms with E-state index in [4.69, 9.17) is 0 Å². The Kier molecular flexibility index (Phi) is 7.38. The summed E-state index contributed by atoms with van der Waals surface area (Å²) in [7, 11) is 0. The number of hydrogen-bond acceptors (Lipinski definition) is 5. The minimum Gasteiger partial charge on any atom is -0.389 e. The zero-order valence-electron chi connectivity index (χ0n) is 20.7. The molecule has 1 fully saturated rings. The lowest BCUT2D eigenvalue weighted by molar-refractivity contribution is -0.142. The number of aromatic nitrogens is 3. The van der Waals surface area contributed by atoms with Crippen molar-refractivity contribution in [3.8, 4) is 0 Å². The molecule has 0 aliphatic heterocycles. The highest BCUT2D eigenvalue weighted by molar-refractivity contribution is 5.52. The van der Waals surface area contributed by atoms with Gasteiger partial charge in [0, 0.05) is 36.7 Å². The van der Waals surface area contributed by atoms with E-state index in [1.54, 1.807) is 26.0 Å². The van der Waals surface area contributed by atoms with E-state index in [1.807, 2.05) is 0 Å². The third-order valence-electron chi connectivity index (χ3n) is 6.84. The predicted molar refractivity (Wildman–Crippen MR) is 126 cm³/mol. The third-order valence-corrected chi connectivity index (χ3v) is 6.84. The second-order valence-corrected chi connectivity index (χ2v) is 10.4. The Labute approximate surface area is 214 Å². The summed E-state index contributed by atoms with van der Waals surface area (Å²) in [5.74, 6) is -0.735. The molecule has 3 aromatic rings. The van der Waals surface area contributed by atoms with E-state index in [9.17, 15) is 35.8 Å². The molecule has 1 aliphatic carbocycles. The van der Waals surface area contributed by atoms with E-state index in [0.29, 0.717) is 48.9 Å². The Morgan fingerprint density at radius 2 is 1.58 bits per heavy atom. The van der Waals surface area contributed by atoms with E-state index < -0.39 is 46.2 Å². The molecule has 0 spiro atoms. The Morgan fingerprint density at radius 3 is 2.13 bits per heavy atom. The van der Waals surface area contributed by atoms with E-state index >= 15 is 0 Å². The van der Waals surface area contributed by atoms with E-state index in [0.717, 1.165) is 5.56 Å². The smallest absolute Gasteiger partial charge is 0.389 e. The Hall–Kier alpha value is -2.93. The van der Waals surface area contributed by atoms with Crippen molar-refractivity contribution in [3.05, 3.63) is 59.2 Å². The molecule has 13 heteroatoms. The summed E-state index contributed by atoms with van der Waals surface area (Å²) in [6, 6.07) is 7.00. The first kappa shape index (κ1) is 28.1. The van der Waals surface area contributed by atoms with Crippen molar-refractivity contribution in [2.75, 3.05) is 18.4 Å². The Bertz CT molecular complexity index is 1250. The van der Waals surface area contributed by atoms with Gasteiger partial charge in [0.15, 0.2) is 17.0 Å². The van der Waals surface area contributed by atoms with Gasteiger partial charge in [-0.3, -0.25) is 0 Å². The summed E-state index contributed by atoms with van der Waals surface area (Å²) in [4.78, 5) is 3.34. The van der Waals surface area contributed by atoms with Crippen molar-refractivity contribution in [1.29, 1.82) is 0 Å². The van der Waals surface area contributed by atoms with Crippen molar-refractivity contribution in [2.45, 2.75) is 68.9 Å². The van der Waals surface area contributed by atoms with Gasteiger partial charge in [0.25, 0.3) is 0 Å². The van der Waals surface area contributed by atoms with Gasteiger partial charge in [0.2, 0.25) is 0 Å². The highest BCUT2D eigenvalue weighted by Crippen LogP contribution is 2.41. The van der Waals surface area contributed by atoms with Gasteiger partial charge in [-0.15, -0.1) is 0 Å². The lowest BCUT2D eigenvalue weighted by Gasteiger charge is -2.42. The number of aliphatic hydroxyl groups is 1. The minimum atomic E-state index is -4.89. The number of fused-ring (bicyclic) bond motifs is 1. The van der Waals surface area contributed by atoms with E-state index in [1.165, 1.54) is 12.1 Å². The quantitative estimate of drug-likeness (QED) is 0.338. The zero-order valence-corrected chi connectivity index (χ0v) is 20.7. The number of alkyl halides is 6. The van der Waals surface area contributed by atoms with Crippen LogP contribution in [0.2, 0.25) is 0 Å². The summed E-state index contributed by atoms with van der Waals surface area (Å²) in [5, 5.41) is 19.7. The molecule has 0 amide bonds. The Balaban J connectivity index is 1.65. The molecular formula is C25H28F7N5O. The predicted octanol–water partition coefficient (Wildman–Crippen LogP) is 5.56. The fraction of sp³-hybridized carbons (Fsp3) is 0.520. The molecule has 4 rings (SSSR count). The minimum absolute atomic E-state index is 0.0640. The first-order valence-electron chi connectivity index (χ1n) is 12.1. The molecule has 2 heterocycles. The van der Waals surface area contributed by atoms with Crippen molar-refractivity contribution in [1.82, 2.24) is 19.9 Å². The number of hydrogen-bond donors (Lipinski definition) is 3. The van der Waals surface area contributed by atoms with Gasteiger partial charge in [-0.2, -0.15) is 36.0 Å². The van der Waals surface area contributed by atoms with E-state index in [-0.39, 0.29) is 18.4 Å². The standard InChI is InChI=1S/C25H28F7N5O/c1-22(2,38)13-33-17-7-9-23(10-8-17,15-3-5-16(26)6-4-15)14-34-20-11-18(24(27,28)29)35-21-12-19(25(30,31)32)36-37(20)21/h3-6,11-12,17,33-34,38H,7-10,13-14H2,1-2H3. The summed E-state index contributed by atoms with van der Waals surface area (Å²) in [6.45, 7) is 3.80. The molecule has 6 nitrogen and oxygen atoms in total. The molecule has 38 heavy (non-hydrogen) atoms. The number of benzene rings is 1. The van der Waals surface area contributed by atoms with Gasteiger partial charge >= 0.3 is 12.4 Å². The average Bonchev–Trinajstić information content (AvgIpc) is 3.27. The normalized spacial score (nSPS) is 21.2. The molecule has 0 bridgehead atoms. The van der Waals surface area contributed by atoms with Crippen LogP contribution >= 0.6 is 0 Å². The molecule has 208 valence electrons. The van der Waals surface area contributed by atoms with Crippen LogP contribution in [-0.2, 0) is 17.8 Å². The van der Waals surface area contributed by atoms with Crippen molar-refractivity contribution >= 4 is 11.5 Å². The molecule has 0 saturated heterocycles. The molecule has 0 atom stereocenters. The maximum atomic E-state index is 13.7. The topological polar surface area (TPSA) is 74.5 Å². The number of nitrogens with one attached hydrogen (secondary N) is 2. The second kappa shape index (κ2) is 9.99. The summed E-state index contributed by atoms with van der Waals surface area (Å²) in [5.41, 5.74) is -4.10. The van der Waals surface area contributed by atoms with Crippen LogP contribution in [0.5, 0.6) is 0 Å². The van der Waals surface area contributed by atoms with Crippen molar-refractivity contribution in [3.63, 3.8) is 0 Å². The molecule has 0 unspecified atom stereocenters. The number of rotatable bonds is 7. The van der Waals surface area contributed by atoms with Gasteiger partial charge < -0.3 is 15.7 Å². The third kappa shape index (κ3) is 6.37. The number of nitrogens with zero attached hydrogens (tertiary/aromatic N) is 3. The average molecular weight is 548 g/mol. The maximum Gasteiger partial charge on any atom is 0.435 e. The second-order valence-electron chi connectivity index (χ2n) is 10.4. The fourth-order valence-corrected chi connectivity index (χ4v) is 4.78. The van der Waals surface area contributed by atoms with Crippen LogP contribution in [0.3, 0.4) is 0 Å². The molecule has 3 N–H and O–H groups in total. The molecule has 0 radical (unpaired) electrons.